The molecule has 0 fully saturated rings. The molecular weight excluding hydrogens is 170 g/mol. The summed E-state index contributed by atoms with van der Waals surface area (Å²) in [5.74, 6) is -0.119. The van der Waals surface area contributed by atoms with Crippen molar-refractivity contribution in [2.45, 2.75) is 19.3 Å². The number of hydrogen-bond acceptors (Lipinski definition) is 3. The van der Waals surface area contributed by atoms with Gasteiger partial charge in [0.25, 0.3) is 0 Å². The average molecular weight is 187 g/mol. The van der Waals surface area contributed by atoms with E-state index in [4.69, 9.17) is 5.73 Å². The molecule has 4 N–H and O–H groups in total. The van der Waals surface area contributed by atoms with E-state index in [1.54, 1.807) is 0 Å². The summed E-state index contributed by atoms with van der Waals surface area (Å²) in [5.41, 5.74) is 5.09. The molecule has 0 heterocycles. The molecule has 0 aliphatic heterocycles. The smallest absolute Gasteiger partial charge is 0.233 e. The Kier molecular flexibility index (Phi) is 8.23. The lowest BCUT2D eigenvalue weighted by atomic mass is 10.2. The number of nitrogens with two attached hydrogens (primary N) is 1. The maximum atomic E-state index is 10.7. The van der Waals surface area contributed by atoms with E-state index >= 15 is 0 Å². The van der Waals surface area contributed by atoms with E-state index in [0.717, 1.165) is 19.3 Å². The van der Waals surface area contributed by atoms with Crippen molar-refractivity contribution in [1.29, 1.82) is 0 Å². The van der Waals surface area contributed by atoms with Crippen LogP contribution in [0.15, 0.2) is 0 Å². The van der Waals surface area contributed by atoms with Gasteiger partial charge >= 0.3 is 0 Å². The number of amides is 2. The van der Waals surface area contributed by atoms with Crippen LogP contribution in [0.3, 0.4) is 0 Å². The second-order valence-electron chi connectivity index (χ2n) is 2.69. The Morgan fingerprint density at radius 2 is 1.92 bits per heavy atom. The van der Waals surface area contributed by atoms with Crippen LogP contribution in [-0.2, 0) is 9.59 Å². The lowest BCUT2D eigenvalue weighted by Gasteiger charge is -2.02. The molecule has 0 aromatic carbocycles. The minimum absolute atomic E-state index is 0.0483. The lowest BCUT2D eigenvalue weighted by Crippen LogP contribution is -2.30. The van der Waals surface area contributed by atoms with Crippen molar-refractivity contribution >= 4 is 12.3 Å². The quantitative estimate of drug-likeness (QED) is 0.336. The van der Waals surface area contributed by atoms with Gasteiger partial charge in [0.1, 0.15) is 0 Å². The minimum Gasteiger partial charge on any atom is -0.359 e. The first kappa shape index (κ1) is 11.9. The second-order valence-corrected chi connectivity index (χ2v) is 2.69. The van der Waals surface area contributed by atoms with Gasteiger partial charge in [-0.1, -0.05) is 0 Å². The van der Waals surface area contributed by atoms with Crippen LogP contribution in [0.5, 0.6) is 0 Å². The fourth-order valence-corrected chi connectivity index (χ4v) is 0.888. The first-order chi connectivity index (χ1) is 6.31. The Bertz CT molecular complexity index is 150. The second kappa shape index (κ2) is 8.99. The van der Waals surface area contributed by atoms with Crippen molar-refractivity contribution in [1.82, 2.24) is 10.6 Å². The highest BCUT2D eigenvalue weighted by Crippen LogP contribution is 1.91. The molecule has 0 aromatic rings. The van der Waals surface area contributed by atoms with Crippen LogP contribution in [0.2, 0.25) is 0 Å². The molecule has 13 heavy (non-hydrogen) atoms. The summed E-state index contributed by atoms with van der Waals surface area (Å²) in [6, 6.07) is 0. The maximum Gasteiger partial charge on any atom is 0.233 e. The topological polar surface area (TPSA) is 84.2 Å². The molecule has 0 saturated carbocycles. The highest BCUT2D eigenvalue weighted by Gasteiger charge is 1.94. The third-order valence-corrected chi connectivity index (χ3v) is 1.59. The number of hydrogen-bond donors (Lipinski definition) is 3. The van der Waals surface area contributed by atoms with E-state index in [-0.39, 0.29) is 12.5 Å². The zero-order valence-electron chi connectivity index (χ0n) is 7.71. The van der Waals surface area contributed by atoms with E-state index in [1.807, 2.05) is 0 Å². The standard InChI is InChI=1S/C8H17N3O2/c9-6-8(13)11-5-3-1-2-4-10-7-12/h7H,1-6,9H2,(H,10,12)(H,11,13). The molecule has 2 amide bonds. The van der Waals surface area contributed by atoms with Crippen molar-refractivity contribution < 1.29 is 9.59 Å². The van der Waals surface area contributed by atoms with Crippen molar-refractivity contribution in [2.24, 2.45) is 5.73 Å². The molecular formula is C8H17N3O2. The first-order valence-electron chi connectivity index (χ1n) is 4.45. The largest absolute Gasteiger partial charge is 0.359 e. The summed E-state index contributed by atoms with van der Waals surface area (Å²) < 4.78 is 0. The summed E-state index contributed by atoms with van der Waals surface area (Å²) in [6.07, 6.45) is 3.55. The van der Waals surface area contributed by atoms with Crippen LogP contribution >= 0.6 is 0 Å². The summed E-state index contributed by atoms with van der Waals surface area (Å²) in [6.45, 7) is 1.41. The molecule has 0 saturated heterocycles. The van der Waals surface area contributed by atoms with E-state index in [9.17, 15) is 9.59 Å². The van der Waals surface area contributed by atoms with Gasteiger partial charge in [0, 0.05) is 13.1 Å². The third-order valence-electron chi connectivity index (χ3n) is 1.59. The summed E-state index contributed by atoms with van der Waals surface area (Å²) in [4.78, 5) is 20.5. The van der Waals surface area contributed by atoms with Gasteiger partial charge in [0.15, 0.2) is 0 Å². The molecule has 5 nitrogen and oxygen atoms in total. The number of rotatable bonds is 8. The zero-order valence-corrected chi connectivity index (χ0v) is 7.71. The molecule has 0 aliphatic rings. The molecule has 0 rings (SSSR count). The minimum atomic E-state index is -0.119. The van der Waals surface area contributed by atoms with E-state index in [0.29, 0.717) is 19.5 Å². The lowest BCUT2D eigenvalue weighted by molar-refractivity contribution is -0.119. The van der Waals surface area contributed by atoms with Gasteiger partial charge in [0.05, 0.1) is 6.54 Å². The normalized spacial score (nSPS) is 9.31. The van der Waals surface area contributed by atoms with Crippen LogP contribution in [0.25, 0.3) is 0 Å². The molecule has 0 unspecified atom stereocenters. The average Bonchev–Trinajstić information content (AvgIpc) is 2.16. The molecule has 0 bridgehead atoms. The van der Waals surface area contributed by atoms with Crippen LogP contribution in [0.4, 0.5) is 0 Å². The molecule has 0 aliphatic carbocycles. The maximum absolute atomic E-state index is 10.7. The van der Waals surface area contributed by atoms with Crippen LogP contribution < -0.4 is 16.4 Å². The summed E-state index contributed by atoms with van der Waals surface area (Å²) in [7, 11) is 0. The predicted molar refractivity (Wildman–Crippen MR) is 50.0 cm³/mol. The van der Waals surface area contributed by atoms with Crippen molar-refractivity contribution in [3.8, 4) is 0 Å². The van der Waals surface area contributed by atoms with E-state index < -0.39 is 0 Å². The third kappa shape index (κ3) is 8.81. The van der Waals surface area contributed by atoms with Gasteiger partial charge in [-0.25, -0.2) is 0 Å². The zero-order chi connectivity index (χ0) is 9.94. The van der Waals surface area contributed by atoms with Crippen LogP contribution in [0, 0.1) is 0 Å². The van der Waals surface area contributed by atoms with Gasteiger partial charge in [-0.15, -0.1) is 0 Å². The number of carbonyl (C=O) groups is 2. The first-order valence-corrected chi connectivity index (χ1v) is 4.45. The predicted octanol–water partition coefficient (Wildman–Crippen LogP) is -1.02. The van der Waals surface area contributed by atoms with Crippen LogP contribution in [-0.4, -0.2) is 32.0 Å². The number of nitrogens with one attached hydrogen (secondary N) is 2. The SMILES string of the molecule is NCC(=O)NCCCCCNC=O. The monoisotopic (exact) mass is 187 g/mol. The highest BCUT2D eigenvalue weighted by molar-refractivity contribution is 5.77. The molecule has 76 valence electrons. The van der Waals surface area contributed by atoms with Gasteiger partial charge in [-0.2, -0.15) is 0 Å². The Morgan fingerprint density at radius 3 is 2.54 bits per heavy atom. The van der Waals surface area contributed by atoms with E-state index in [1.165, 1.54) is 0 Å². The van der Waals surface area contributed by atoms with Gasteiger partial charge in [-0.3, -0.25) is 9.59 Å². The molecule has 0 aromatic heterocycles. The van der Waals surface area contributed by atoms with Crippen molar-refractivity contribution in [3.05, 3.63) is 0 Å². The Morgan fingerprint density at radius 1 is 1.23 bits per heavy atom. The summed E-state index contributed by atoms with van der Waals surface area (Å²) in [5, 5.41) is 5.24. The highest BCUT2D eigenvalue weighted by atomic mass is 16.1. The Hall–Kier alpha value is -1.10. The Balaban J connectivity index is 2.99. The van der Waals surface area contributed by atoms with Crippen molar-refractivity contribution in [2.75, 3.05) is 19.6 Å². The fraction of sp³-hybridized carbons (Fsp3) is 0.750. The molecule has 0 atom stereocenters. The van der Waals surface area contributed by atoms with Gasteiger partial charge < -0.3 is 16.4 Å². The van der Waals surface area contributed by atoms with Gasteiger partial charge in [-0.05, 0) is 19.3 Å². The number of unbranched alkanes of at least 4 members (excludes halogenated alkanes) is 2. The van der Waals surface area contributed by atoms with Crippen LogP contribution in [0.1, 0.15) is 19.3 Å². The van der Waals surface area contributed by atoms with Gasteiger partial charge in [0.2, 0.25) is 12.3 Å². The fourth-order valence-electron chi connectivity index (χ4n) is 0.888. The molecule has 0 radical (unpaired) electrons. The van der Waals surface area contributed by atoms with Crippen molar-refractivity contribution in [3.63, 3.8) is 0 Å². The van der Waals surface area contributed by atoms with E-state index in [2.05, 4.69) is 10.6 Å². The summed E-state index contributed by atoms with van der Waals surface area (Å²) >= 11 is 0. The number of carbonyl (C=O) groups excluding carboxylic acids is 2. The molecule has 0 spiro atoms. The molecule has 5 heteroatoms. The Labute approximate surface area is 78.1 Å².